The number of aliphatic hydroxyl groups is 1. The van der Waals surface area contributed by atoms with Crippen LogP contribution in [0.3, 0.4) is 0 Å². The molecule has 0 saturated carbocycles. The monoisotopic (exact) mass is 601 g/mol. The number of benzene rings is 3. The van der Waals surface area contributed by atoms with Gasteiger partial charge in [-0.2, -0.15) is 0 Å². The van der Waals surface area contributed by atoms with Crippen molar-refractivity contribution in [3.05, 3.63) is 102 Å². The van der Waals surface area contributed by atoms with Crippen LogP contribution in [-0.2, 0) is 24.9 Å². The Balaban J connectivity index is 0.000000398. The van der Waals surface area contributed by atoms with Gasteiger partial charge in [-0.25, -0.2) is 0 Å². The maximum absolute atomic E-state index is 10.0. The first-order valence-corrected chi connectivity index (χ1v) is 10.2. The maximum Gasteiger partial charge on any atom is 0.155 e. The first kappa shape index (κ1) is 25.2. The van der Waals surface area contributed by atoms with Crippen molar-refractivity contribution in [1.29, 1.82) is 0 Å². The van der Waals surface area contributed by atoms with Gasteiger partial charge in [0.1, 0.15) is 0 Å². The standard InChI is InChI=1S/C23H18N.C5H8O2.Ir/c1-16-12-13-19(14-17(16)2)23-15-21(18-8-4-3-5-9-18)20-10-6-7-11-22(20)24-23;1-4(6)3-5(2)7;/h3-13,15H,1-2H3;3,6H,1-2H3;/q-1;;/b;4-3-;. The summed E-state index contributed by atoms with van der Waals surface area (Å²) >= 11 is 0. The average molecular weight is 601 g/mol. The molecule has 3 nitrogen and oxygen atoms in total. The van der Waals surface area contributed by atoms with Crippen molar-refractivity contribution in [3.8, 4) is 22.4 Å². The molecular weight excluding hydrogens is 575 g/mol. The van der Waals surface area contributed by atoms with Gasteiger partial charge < -0.3 is 5.11 Å². The zero-order valence-electron chi connectivity index (χ0n) is 18.6. The Hall–Kier alpha value is -3.07. The number of carbonyl (C=O) groups is 1. The normalized spacial score (nSPS) is 10.7. The van der Waals surface area contributed by atoms with E-state index in [9.17, 15) is 4.79 Å². The third-order valence-corrected chi connectivity index (χ3v) is 4.90. The molecule has 1 radical (unpaired) electrons. The molecule has 0 atom stereocenters. The molecular formula is C28H26IrNO2-. The number of aryl methyl sites for hydroxylation is 2. The molecule has 0 bridgehead atoms. The molecule has 0 aliphatic carbocycles. The number of rotatable bonds is 3. The fourth-order valence-electron chi connectivity index (χ4n) is 3.29. The van der Waals surface area contributed by atoms with Crippen LogP contribution in [0.4, 0.5) is 0 Å². The van der Waals surface area contributed by atoms with Crippen molar-refractivity contribution in [1.82, 2.24) is 4.98 Å². The Morgan fingerprint density at radius 3 is 2.19 bits per heavy atom. The van der Waals surface area contributed by atoms with Crippen LogP contribution in [-0.4, -0.2) is 15.9 Å². The minimum atomic E-state index is -0.125. The molecule has 0 spiro atoms. The van der Waals surface area contributed by atoms with Gasteiger partial charge in [-0.3, -0.25) is 9.78 Å². The molecule has 3 aromatic carbocycles. The van der Waals surface area contributed by atoms with Gasteiger partial charge in [0.2, 0.25) is 0 Å². The van der Waals surface area contributed by atoms with Crippen molar-refractivity contribution >= 4 is 16.7 Å². The number of para-hydroxylation sites is 1. The SMILES string of the molecule is CC(=O)/C=C(/C)O.Cc1[c-]c(-c2cc(-c3ccccc3)c3ccccc3n2)ccc1C.[Ir]. The second-order valence-electron chi connectivity index (χ2n) is 7.51. The van der Waals surface area contributed by atoms with E-state index in [1.807, 2.05) is 12.1 Å². The summed E-state index contributed by atoms with van der Waals surface area (Å²) in [6.07, 6.45) is 1.17. The summed E-state index contributed by atoms with van der Waals surface area (Å²) < 4.78 is 0. The summed E-state index contributed by atoms with van der Waals surface area (Å²) in [7, 11) is 0. The van der Waals surface area contributed by atoms with Gasteiger partial charge in [0.05, 0.1) is 11.3 Å². The van der Waals surface area contributed by atoms with E-state index in [1.54, 1.807) is 0 Å². The molecule has 0 aliphatic heterocycles. The van der Waals surface area contributed by atoms with E-state index in [-0.39, 0.29) is 31.6 Å². The third kappa shape index (κ3) is 6.46. The van der Waals surface area contributed by atoms with E-state index < -0.39 is 0 Å². The number of pyridine rings is 1. The third-order valence-electron chi connectivity index (χ3n) is 4.90. The number of ketones is 1. The number of hydrogen-bond donors (Lipinski definition) is 1. The molecule has 4 aromatic rings. The Morgan fingerprint density at radius 2 is 1.59 bits per heavy atom. The fourth-order valence-corrected chi connectivity index (χ4v) is 3.29. The molecule has 0 unspecified atom stereocenters. The van der Waals surface area contributed by atoms with E-state index in [0.717, 1.165) is 16.8 Å². The summed E-state index contributed by atoms with van der Waals surface area (Å²) in [5, 5.41) is 9.54. The number of aromatic nitrogens is 1. The molecule has 0 fully saturated rings. The van der Waals surface area contributed by atoms with Crippen LogP contribution < -0.4 is 0 Å². The molecule has 0 saturated heterocycles. The van der Waals surface area contributed by atoms with Crippen molar-refractivity contribution in [2.24, 2.45) is 0 Å². The topological polar surface area (TPSA) is 50.2 Å². The van der Waals surface area contributed by atoms with E-state index in [4.69, 9.17) is 10.1 Å². The predicted octanol–water partition coefficient (Wildman–Crippen LogP) is 7.02. The Bertz CT molecular complexity index is 1240. The molecule has 32 heavy (non-hydrogen) atoms. The summed E-state index contributed by atoms with van der Waals surface area (Å²) in [6.45, 7) is 7.05. The maximum atomic E-state index is 10.0. The van der Waals surface area contributed by atoms with E-state index >= 15 is 0 Å². The van der Waals surface area contributed by atoms with Gasteiger partial charge in [-0.15, -0.1) is 34.9 Å². The van der Waals surface area contributed by atoms with E-state index in [2.05, 4.69) is 80.6 Å². The molecule has 4 heteroatoms. The molecule has 1 aromatic heterocycles. The van der Waals surface area contributed by atoms with E-state index in [0.29, 0.717) is 0 Å². The van der Waals surface area contributed by atoms with Crippen molar-refractivity contribution in [2.45, 2.75) is 27.7 Å². The molecule has 0 amide bonds. The van der Waals surface area contributed by atoms with Crippen LogP contribution in [0.25, 0.3) is 33.3 Å². The minimum absolute atomic E-state index is 0. The molecule has 1 heterocycles. The second-order valence-corrected chi connectivity index (χ2v) is 7.51. The number of aliphatic hydroxyl groups excluding tert-OH is 1. The van der Waals surface area contributed by atoms with E-state index in [1.165, 1.54) is 47.6 Å². The minimum Gasteiger partial charge on any atom is -0.512 e. The second kappa shape index (κ2) is 11.5. The number of carbonyl (C=O) groups excluding carboxylic acids is 1. The first-order valence-electron chi connectivity index (χ1n) is 10.2. The zero-order valence-corrected chi connectivity index (χ0v) is 21.0. The van der Waals surface area contributed by atoms with Crippen molar-refractivity contribution in [2.75, 3.05) is 0 Å². The summed E-state index contributed by atoms with van der Waals surface area (Å²) in [4.78, 5) is 14.9. The van der Waals surface area contributed by atoms with Gasteiger partial charge >= 0.3 is 0 Å². The number of allylic oxidation sites excluding steroid dienone is 2. The van der Waals surface area contributed by atoms with Crippen LogP contribution in [0.2, 0.25) is 0 Å². The molecule has 1 N–H and O–H groups in total. The largest absolute Gasteiger partial charge is 0.512 e. The van der Waals surface area contributed by atoms with Gasteiger partial charge in [0, 0.05) is 31.6 Å². The quantitative estimate of drug-likeness (QED) is 0.156. The van der Waals surface area contributed by atoms with Crippen molar-refractivity contribution < 1.29 is 30.0 Å². The van der Waals surface area contributed by atoms with Crippen LogP contribution in [0, 0.1) is 19.9 Å². The van der Waals surface area contributed by atoms with Gasteiger partial charge in [-0.1, -0.05) is 68.4 Å². The van der Waals surface area contributed by atoms with Crippen LogP contribution >= 0.6 is 0 Å². The zero-order chi connectivity index (χ0) is 22.4. The first-order chi connectivity index (χ1) is 14.8. The van der Waals surface area contributed by atoms with Crippen LogP contribution in [0.5, 0.6) is 0 Å². The molecule has 4 rings (SSSR count). The molecule has 165 valence electrons. The number of fused-ring (bicyclic) bond motifs is 1. The number of nitrogens with zero attached hydrogens (tertiary/aromatic N) is 1. The summed E-state index contributed by atoms with van der Waals surface area (Å²) in [5.74, 6) is -0.0625. The molecule has 0 aliphatic rings. The summed E-state index contributed by atoms with van der Waals surface area (Å²) in [5.41, 5.74) is 7.87. The summed E-state index contributed by atoms with van der Waals surface area (Å²) in [6, 6.07) is 28.7. The van der Waals surface area contributed by atoms with Gasteiger partial charge in [0.25, 0.3) is 0 Å². The van der Waals surface area contributed by atoms with Crippen molar-refractivity contribution in [3.63, 3.8) is 0 Å². The Kier molecular flexibility index (Phi) is 9.07. The number of hydrogen-bond acceptors (Lipinski definition) is 3. The van der Waals surface area contributed by atoms with Gasteiger partial charge in [0.15, 0.2) is 5.78 Å². The van der Waals surface area contributed by atoms with Crippen LogP contribution in [0.1, 0.15) is 25.0 Å². The predicted molar refractivity (Wildman–Crippen MR) is 128 cm³/mol. The fraction of sp³-hybridized carbons (Fsp3) is 0.143. The smallest absolute Gasteiger partial charge is 0.155 e. The Morgan fingerprint density at radius 1 is 0.938 bits per heavy atom. The van der Waals surface area contributed by atoms with Crippen LogP contribution in [0.15, 0.2) is 84.6 Å². The Labute approximate surface area is 203 Å². The average Bonchev–Trinajstić information content (AvgIpc) is 2.75. The van der Waals surface area contributed by atoms with Gasteiger partial charge in [-0.05, 0) is 36.7 Å².